The van der Waals surface area contributed by atoms with Crippen molar-refractivity contribution >= 4 is 23.8 Å². The van der Waals surface area contributed by atoms with E-state index in [0.717, 1.165) is 18.4 Å². The van der Waals surface area contributed by atoms with E-state index in [2.05, 4.69) is 10.3 Å². The topological polar surface area (TPSA) is 115 Å². The molecule has 0 saturated heterocycles. The molecule has 0 spiro atoms. The minimum atomic E-state index is -0.738. The Labute approximate surface area is 249 Å². The third-order valence-corrected chi connectivity index (χ3v) is 7.82. The second-order valence-corrected chi connectivity index (χ2v) is 11.8. The third-order valence-electron chi connectivity index (χ3n) is 7.82. The zero-order valence-electron chi connectivity index (χ0n) is 25.7. The average Bonchev–Trinajstić information content (AvgIpc) is 3.78. The summed E-state index contributed by atoms with van der Waals surface area (Å²) in [5.74, 6) is -0.950. The van der Waals surface area contributed by atoms with Crippen LogP contribution in [0.3, 0.4) is 0 Å². The Morgan fingerprint density at radius 3 is 2.29 bits per heavy atom. The Bertz CT molecular complexity index is 1210. The third kappa shape index (κ3) is 9.96. The second kappa shape index (κ2) is 15.5. The summed E-state index contributed by atoms with van der Waals surface area (Å²) >= 11 is 0. The summed E-state index contributed by atoms with van der Waals surface area (Å²) in [6, 6.07) is 14.3. The first kappa shape index (κ1) is 32.8. The normalized spacial score (nSPS) is 15.7. The molecule has 3 rings (SSSR count). The van der Waals surface area contributed by atoms with Gasteiger partial charge in [0.1, 0.15) is 11.8 Å². The largest absolute Gasteiger partial charge is 0.469 e. The molecule has 4 atom stereocenters. The molecule has 2 aromatic rings. The van der Waals surface area contributed by atoms with Crippen LogP contribution in [0.2, 0.25) is 0 Å². The predicted molar refractivity (Wildman–Crippen MR) is 159 cm³/mol. The van der Waals surface area contributed by atoms with Gasteiger partial charge in [-0.05, 0) is 55.2 Å². The lowest BCUT2D eigenvalue weighted by Gasteiger charge is -2.34. The van der Waals surface area contributed by atoms with Gasteiger partial charge in [-0.15, -0.1) is 0 Å². The standard InChI is InChI=1S/C33H45N3O6/c1-21(2)29(36(5)31(38)19-25-15-16-25)20-30(42-23(4)37)27-13-10-14-28(35-27)32(39)34-26(17-22(3)33(40)41-6)18-24-11-8-7-9-12-24/h7-14,21-22,25-26,29-30H,15-20H2,1-6H3,(H,34,39)/t22-,26+,29?,30+/m0/s1. The van der Waals surface area contributed by atoms with Crippen LogP contribution >= 0.6 is 0 Å². The number of ether oxygens (including phenoxy) is 2. The average molecular weight is 580 g/mol. The van der Waals surface area contributed by atoms with Gasteiger partial charge in [0.2, 0.25) is 5.91 Å². The Morgan fingerprint density at radius 1 is 1.00 bits per heavy atom. The first-order chi connectivity index (χ1) is 20.0. The lowest BCUT2D eigenvalue weighted by atomic mass is 9.94. The molecule has 0 radical (unpaired) electrons. The molecule has 0 bridgehead atoms. The molecule has 42 heavy (non-hydrogen) atoms. The second-order valence-electron chi connectivity index (χ2n) is 11.8. The van der Waals surface area contributed by atoms with Crippen LogP contribution < -0.4 is 5.32 Å². The summed E-state index contributed by atoms with van der Waals surface area (Å²) in [6.45, 7) is 7.19. The van der Waals surface area contributed by atoms with Crippen molar-refractivity contribution < 1.29 is 28.7 Å². The Morgan fingerprint density at radius 2 is 1.69 bits per heavy atom. The molecule has 9 nitrogen and oxygen atoms in total. The van der Waals surface area contributed by atoms with E-state index in [9.17, 15) is 19.2 Å². The molecule has 1 saturated carbocycles. The fourth-order valence-corrected chi connectivity index (χ4v) is 5.26. The number of amides is 2. The van der Waals surface area contributed by atoms with Crippen LogP contribution in [0.25, 0.3) is 0 Å². The lowest BCUT2D eigenvalue weighted by molar-refractivity contribution is -0.149. The molecule has 2 amide bonds. The maximum atomic E-state index is 13.4. The molecule has 1 aliphatic carbocycles. The minimum Gasteiger partial charge on any atom is -0.469 e. The maximum absolute atomic E-state index is 13.4. The summed E-state index contributed by atoms with van der Waals surface area (Å²) in [5.41, 5.74) is 1.64. The van der Waals surface area contributed by atoms with E-state index >= 15 is 0 Å². The molecule has 1 fully saturated rings. The van der Waals surface area contributed by atoms with Crippen LogP contribution in [-0.4, -0.2) is 59.9 Å². The summed E-state index contributed by atoms with van der Waals surface area (Å²) < 4.78 is 10.6. The molecule has 1 unspecified atom stereocenters. The fourth-order valence-electron chi connectivity index (χ4n) is 5.26. The Balaban J connectivity index is 1.80. The van der Waals surface area contributed by atoms with Crippen molar-refractivity contribution in [3.8, 4) is 0 Å². The van der Waals surface area contributed by atoms with Gasteiger partial charge >= 0.3 is 11.9 Å². The maximum Gasteiger partial charge on any atom is 0.308 e. The van der Waals surface area contributed by atoms with Crippen LogP contribution in [0, 0.1) is 17.8 Å². The molecule has 1 aromatic heterocycles. The highest BCUT2D eigenvalue weighted by molar-refractivity contribution is 5.92. The summed E-state index contributed by atoms with van der Waals surface area (Å²) in [5, 5.41) is 3.04. The highest BCUT2D eigenvalue weighted by Gasteiger charge is 2.32. The number of rotatable bonds is 15. The van der Waals surface area contributed by atoms with E-state index in [1.165, 1.54) is 14.0 Å². The summed E-state index contributed by atoms with van der Waals surface area (Å²) in [7, 11) is 3.16. The van der Waals surface area contributed by atoms with Gasteiger partial charge in [0.05, 0.1) is 18.7 Å². The van der Waals surface area contributed by atoms with Crippen molar-refractivity contribution in [1.29, 1.82) is 0 Å². The van der Waals surface area contributed by atoms with Crippen LogP contribution in [-0.2, 0) is 30.3 Å². The monoisotopic (exact) mass is 579 g/mol. The quantitative estimate of drug-likeness (QED) is 0.299. The zero-order chi connectivity index (χ0) is 30.8. The van der Waals surface area contributed by atoms with E-state index in [1.807, 2.05) is 44.2 Å². The van der Waals surface area contributed by atoms with E-state index in [0.29, 0.717) is 37.3 Å². The van der Waals surface area contributed by atoms with Gasteiger partial charge < -0.3 is 19.7 Å². The van der Waals surface area contributed by atoms with Crippen molar-refractivity contribution in [3.63, 3.8) is 0 Å². The van der Waals surface area contributed by atoms with Crippen LogP contribution in [0.4, 0.5) is 0 Å². The van der Waals surface area contributed by atoms with E-state index < -0.39 is 23.9 Å². The van der Waals surface area contributed by atoms with Gasteiger partial charge in [0.25, 0.3) is 5.91 Å². The number of carbonyl (C=O) groups excluding carboxylic acids is 4. The first-order valence-corrected chi connectivity index (χ1v) is 14.8. The molecule has 1 N–H and O–H groups in total. The van der Waals surface area contributed by atoms with Crippen LogP contribution in [0.15, 0.2) is 48.5 Å². The Hall–Kier alpha value is -3.75. The molecule has 228 valence electrons. The summed E-state index contributed by atoms with van der Waals surface area (Å²) in [6.07, 6.45) is 3.25. The van der Waals surface area contributed by atoms with E-state index in [1.54, 1.807) is 37.1 Å². The number of esters is 2. The van der Waals surface area contributed by atoms with Crippen LogP contribution in [0.1, 0.15) is 87.6 Å². The van der Waals surface area contributed by atoms with Crippen molar-refractivity contribution in [2.45, 2.75) is 84.4 Å². The summed E-state index contributed by atoms with van der Waals surface area (Å²) in [4.78, 5) is 57.0. The molecular formula is C33H45N3O6. The number of carbonyl (C=O) groups is 4. The molecule has 9 heteroatoms. The number of nitrogens with zero attached hydrogens (tertiary/aromatic N) is 2. The Kier molecular flexibility index (Phi) is 12.1. The van der Waals surface area contributed by atoms with Gasteiger partial charge in [0.15, 0.2) is 0 Å². The van der Waals surface area contributed by atoms with E-state index in [-0.39, 0.29) is 35.6 Å². The minimum absolute atomic E-state index is 0.0875. The molecule has 1 aromatic carbocycles. The van der Waals surface area contributed by atoms with Gasteiger partial charge in [-0.3, -0.25) is 19.2 Å². The molecule has 1 heterocycles. The molecule has 0 aliphatic heterocycles. The van der Waals surface area contributed by atoms with Crippen LogP contribution in [0.5, 0.6) is 0 Å². The zero-order valence-corrected chi connectivity index (χ0v) is 25.7. The first-order valence-electron chi connectivity index (χ1n) is 14.8. The smallest absolute Gasteiger partial charge is 0.308 e. The number of benzene rings is 1. The van der Waals surface area contributed by atoms with Gasteiger partial charge in [-0.2, -0.15) is 0 Å². The number of pyridine rings is 1. The van der Waals surface area contributed by atoms with Crippen molar-refractivity contribution in [3.05, 3.63) is 65.5 Å². The van der Waals surface area contributed by atoms with Gasteiger partial charge in [-0.1, -0.05) is 57.2 Å². The fraction of sp³-hybridized carbons (Fsp3) is 0.545. The highest BCUT2D eigenvalue weighted by atomic mass is 16.5. The number of aromatic nitrogens is 1. The highest BCUT2D eigenvalue weighted by Crippen LogP contribution is 2.34. The number of hydrogen-bond donors (Lipinski definition) is 1. The predicted octanol–water partition coefficient (Wildman–Crippen LogP) is 4.90. The lowest BCUT2D eigenvalue weighted by Crippen LogP contribution is -2.42. The number of nitrogens with one attached hydrogen (secondary N) is 1. The number of methoxy groups -OCH3 is 1. The van der Waals surface area contributed by atoms with Crippen molar-refractivity contribution in [2.75, 3.05) is 14.2 Å². The van der Waals surface area contributed by atoms with Gasteiger partial charge in [0, 0.05) is 38.9 Å². The number of hydrogen-bond acceptors (Lipinski definition) is 7. The van der Waals surface area contributed by atoms with Crippen molar-refractivity contribution in [2.24, 2.45) is 17.8 Å². The van der Waals surface area contributed by atoms with E-state index in [4.69, 9.17) is 9.47 Å². The SMILES string of the molecule is COC(=O)[C@@H](C)C[C@H](Cc1ccccc1)NC(=O)c1cccc([C@@H](CC(C(C)C)N(C)C(=O)CC2CC2)OC(C)=O)n1. The molecule has 1 aliphatic rings. The van der Waals surface area contributed by atoms with Gasteiger partial charge in [-0.25, -0.2) is 4.98 Å². The molecular weight excluding hydrogens is 534 g/mol. The van der Waals surface area contributed by atoms with Crippen molar-refractivity contribution in [1.82, 2.24) is 15.2 Å².